The van der Waals surface area contributed by atoms with E-state index in [9.17, 15) is 0 Å². The Kier molecular flexibility index (Phi) is 6.50. The average molecular weight is 254 g/mol. The summed E-state index contributed by atoms with van der Waals surface area (Å²) < 4.78 is 6.60. The van der Waals surface area contributed by atoms with E-state index in [1.807, 2.05) is 0 Å². The molecule has 0 aromatic heterocycles. The van der Waals surface area contributed by atoms with Crippen LogP contribution >= 0.6 is 0 Å². The molecule has 0 amide bonds. The molecule has 0 spiro atoms. The highest BCUT2D eigenvalue weighted by atomic mass is 28.4. The molecule has 1 nitrogen and oxygen atoms in total. The summed E-state index contributed by atoms with van der Waals surface area (Å²) in [5.74, 6) is 0.748. The van der Waals surface area contributed by atoms with Gasteiger partial charge in [0, 0.05) is 0 Å². The number of hydrogen-bond donors (Lipinski definition) is 0. The summed E-state index contributed by atoms with van der Waals surface area (Å²) in [5, 5.41) is 0. The van der Waals surface area contributed by atoms with Crippen molar-refractivity contribution in [1.29, 1.82) is 0 Å². The smallest absolute Gasteiger partial charge is 0.192 e. The van der Waals surface area contributed by atoms with Crippen LogP contribution in [0.25, 0.3) is 0 Å². The van der Waals surface area contributed by atoms with Crippen molar-refractivity contribution in [2.45, 2.75) is 77.1 Å². The summed E-state index contributed by atoms with van der Waals surface area (Å²) >= 11 is 0. The number of hydrogen-bond acceptors (Lipinski definition) is 1. The molecule has 1 atom stereocenters. The van der Waals surface area contributed by atoms with Crippen LogP contribution in [0, 0.1) is 5.92 Å². The highest BCUT2D eigenvalue weighted by Gasteiger charge is 2.34. The van der Waals surface area contributed by atoms with Gasteiger partial charge < -0.3 is 4.43 Å². The van der Waals surface area contributed by atoms with Crippen LogP contribution < -0.4 is 0 Å². The third kappa shape index (κ3) is 3.96. The van der Waals surface area contributed by atoms with Gasteiger partial charge in [-0.1, -0.05) is 46.1 Å². The van der Waals surface area contributed by atoms with Gasteiger partial charge in [-0.25, -0.2) is 0 Å². The van der Waals surface area contributed by atoms with E-state index in [1.54, 1.807) is 0 Å². The van der Waals surface area contributed by atoms with E-state index in [1.165, 1.54) is 50.2 Å². The summed E-state index contributed by atoms with van der Waals surface area (Å²) in [4.78, 5) is 0. The Bertz CT molecular complexity index is 209. The Hall–Kier alpha value is -0.0831. The van der Waals surface area contributed by atoms with E-state index in [-0.39, 0.29) is 0 Å². The fourth-order valence-corrected chi connectivity index (χ4v) is 5.95. The molecule has 1 saturated carbocycles. The molecule has 1 unspecified atom stereocenters. The van der Waals surface area contributed by atoms with Gasteiger partial charge in [0.25, 0.3) is 0 Å². The van der Waals surface area contributed by atoms with Crippen molar-refractivity contribution < 1.29 is 4.43 Å². The van der Waals surface area contributed by atoms with Gasteiger partial charge in [0.05, 0.1) is 6.10 Å². The summed E-state index contributed by atoms with van der Waals surface area (Å²) in [5.41, 5.74) is 0. The zero-order valence-electron chi connectivity index (χ0n) is 12.0. The molecule has 1 fully saturated rings. The molecule has 17 heavy (non-hydrogen) atoms. The third-order valence-electron chi connectivity index (χ3n) is 4.67. The Morgan fingerprint density at radius 3 is 2.06 bits per heavy atom. The minimum Gasteiger partial charge on any atom is -0.410 e. The largest absolute Gasteiger partial charge is 0.410 e. The van der Waals surface area contributed by atoms with Crippen LogP contribution in [0.2, 0.25) is 18.1 Å². The van der Waals surface area contributed by atoms with Crippen LogP contribution in [0.4, 0.5) is 0 Å². The Balaban J connectivity index is 2.63. The quantitative estimate of drug-likeness (QED) is 0.451. The first-order valence-corrected chi connectivity index (χ1v) is 10.0. The first kappa shape index (κ1) is 15.0. The Labute approximate surface area is 109 Å². The molecule has 0 aliphatic heterocycles. The first-order valence-electron chi connectivity index (χ1n) is 7.51. The van der Waals surface area contributed by atoms with Gasteiger partial charge in [0.1, 0.15) is 0 Å². The monoisotopic (exact) mass is 254 g/mol. The molecule has 0 heterocycles. The third-order valence-corrected chi connectivity index (χ3v) is 9.30. The van der Waals surface area contributed by atoms with Crippen molar-refractivity contribution in [3.8, 4) is 0 Å². The normalized spacial score (nSPS) is 20.2. The van der Waals surface area contributed by atoms with Gasteiger partial charge in [0.15, 0.2) is 8.32 Å². The van der Waals surface area contributed by atoms with Crippen molar-refractivity contribution in [2.24, 2.45) is 5.92 Å². The van der Waals surface area contributed by atoms with E-state index in [0.717, 1.165) is 5.92 Å². The molecule has 1 rings (SSSR count). The zero-order valence-corrected chi connectivity index (χ0v) is 13.0. The molecule has 1 aliphatic carbocycles. The molecule has 2 heteroatoms. The highest BCUT2D eigenvalue weighted by Crippen LogP contribution is 2.32. The van der Waals surface area contributed by atoms with E-state index in [0.29, 0.717) is 6.10 Å². The first-order chi connectivity index (χ1) is 8.21. The summed E-state index contributed by atoms with van der Waals surface area (Å²) in [6.07, 6.45) is 9.30. The molecule has 0 aromatic carbocycles. The van der Waals surface area contributed by atoms with Crippen LogP contribution in [0.15, 0.2) is 12.7 Å². The predicted molar refractivity (Wildman–Crippen MR) is 78.8 cm³/mol. The van der Waals surface area contributed by atoms with Gasteiger partial charge in [-0.2, -0.15) is 0 Å². The fourth-order valence-electron chi connectivity index (χ4n) is 3.09. The Morgan fingerprint density at radius 2 is 1.65 bits per heavy atom. The lowest BCUT2D eigenvalue weighted by Crippen LogP contribution is -2.42. The lowest BCUT2D eigenvalue weighted by molar-refractivity contribution is 0.136. The molecule has 0 N–H and O–H groups in total. The second-order valence-corrected chi connectivity index (χ2v) is 10.2. The van der Waals surface area contributed by atoms with Crippen LogP contribution in [-0.4, -0.2) is 14.4 Å². The zero-order chi connectivity index (χ0) is 12.7. The molecule has 0 saturated heterocycles. The maximum atomic E-state index is 6.60. The van der Waals surface area contributed by atoms with Crippen LogP contribution in [-0.2, 0) is 4.43 Å². The maximum Gasteiger partial charge on any atom is 0.192 e. The molecule has 1 aliphatic rings. The van der Waals surface area contributed by atoms with E-state index < -0.39 is 8.32 Å². The van der Waals surface area contributed by atoms with Crippen LogP contribution in [0.3, 0.4) is 0 Å². The van der Waals surface area contributed by atoms with Gasteiger partial charge in [-0.05, 0) is 36.9 Å². The van der Waals surface area contributed by atoms with Crippen LogP contribution in [0.1, 0.15) is 52.9 Å². The molecule has 100 valence electrons. The fraction of sp³-hybridized carbons (Fsp3) is 0.867. The second kappa shape index (κ2) is 7.37. The lowest BCUT2D eigenvalue weighted by atomic mass is 9.85. The highest BCUT2D eigenvalue weighted by molar-refractivity contribution is 6.73. The summed E-state index contributed by atoms with van der Waals surface area (Å²) in [6, 6.07) is 3.74. The van der Waals surface area contributed by atoms with E-state index in [2.05, 4.69) is 33.4 Å². The van der Waals surface area contributed by atoms with Gasteiger partial charge in [-0.3, -0.25) is 0 Å². The van der Waals surface area contributed by atoms with Gasteiger partial charge in [0.2, 0.25) is 0 Å². The molecular weight excluding hydrogens is 224 g/mol. The minimum atomic E-state index is -1.46. The molecule has 0 bridgehead atoms. The molecular formula is C15H30OSi. The summed E-state index contributed by atoms with van der Waals surface area (Å²) in [7, 11) is -1.46. The Morgan fingerprint density at radius 1 is 1.12 bits per heavy atom. The standard InChI is InChI=1S/C15H30OSi/c1-5-15(14-12-10-9-11-13-14)16-17(6-2,7-3)8-4/h5,14-15H,1,6-13H2,2-4H3. The van der Waals surface area contributed by atoms with E-state index in [4.69, 9.17) is 4.43 Å². The topological polar surface area (TPSA) is 9.23 Å². The van der Waals surface area contributed by atoms with Crippen molar-refractivity contribution >= 4 is 8.32 Å². The van der Waals surface area contributed by atoms with Crippen LogP contribution in [0.5, 0.6) is 0 Å². The summed E-state index contributed by atoms with van der Waals surface area (Å²) in [6.45, 7) is 10.9. The number of rotatable bonds is 7. The average Bonchev–Trinajstić information content (AvgIpc) is 2.42. The molecule has 0 aromatic rings. The minimum absolute atomic E-state index is 0.335. The second-order valence-electron chi connectivity index (χ2n) is 5.46. The SMILES string of the molecule is C=CC(O[Si](CC)(CC)CC)C1CCCCC1. The van der Waals surface area contributed by atoms with Crippen molar-refractivity contribution in [1.82, 2.24) is 0 Å². The van der Waals surface area contributed by atoms with Crippen molar-refractivity contribution in [2.75, 3.05) is 0 Å². The van der Waals surface area contributed by atoms with Crippen molar-refractivity contribution in [3.63, 3.8) is 0 Å². The predicted octanol–water partition coefficient (Wildman–Crippen LogP) is 5.14. The van der Waals surface area contributed by atoms with Gasteiger partial charge in [-0.15, -0.1) is 6.58 Å². The van der Waals surface area contributed by atoms with E-state index >= 15 is 0 Å². The van der Waals surface area contributed by atoms with Gasteiger partial charge >= 0.3 is 0 Å². The maximum absolute atomic E-state index is 6.60. The van der Waals surface area contributed by atoms with Crippen molar-refractivity contribution in [3.05, 3.63) is 12.7 Å². The molecule has 0 radical (unpaired) electrons. The lowest BCUT2D eigenvalue weighted by Gasteiger charge is -2.37.